The fraction of sp³-hybridized carbons (Fsp3) is 0.364. The average Bonchev–Trinajstić information content (AvgIpc) is 2.83. The van der Waals surface area contributed by atoms with Crippen molar-refractivity contribution in [3.8, 4) is 0 Å². The number of hydrogen-bond donors (Lipinski definition) is 1. The molecule has 96 valence electrons. The minimum absolute atomic E-state index is 0.138. The summed E-state index contributed by atoms with van der Waals surface area (Å²) in [5.74, 6) is -0.325. The van der Waals surface area contributed by atoms with Crippen molar-refractivity contribution in [3.63, 3.8) is 0 Å². The van der Waals surface area contributed by atoms with E-state index in [4.69, 9.17) is 0 Å². The molecule has 0 radical (unpaired) electrons. The Morgan fingerprint density at radius 2 is 2.17 bits per heavy atom. The molecule has 0 saturated heterocycles. The normalized spacial score (nSPS) is 18.7. The molecule has 2 rings (SSSR count). The summed E-state index contributed by atoms with van der Waals surface area (Å²) in [6.45, 7) is 4.89. The highest BCUT2D eigenvalue weighted by Gasteiger charge is 2.33. The molecule has 2 heterocycles. The molecule has 0 aromatic carbocycles. The smallest absolute Gasteiger partial charge is 0.241 e. The van der Waals surface area contributed by atoms with Gasteiger partial charge >= 0.3 is 0 Å². The summed E-state index contributed by atoms with van der Waals surface area (Å²) in [5, 5.41) is 10.5. The molecule has 7 heteroatoms. The summed E-state index contributed by atoms with van der Waals surface area (Å²) in [5.41, 5.74) is 1.13. The van der Waals surface area contributed by atoms with E-state index in [9.17, 15) is 9.59 Å². The Morgan fingerprint density at radius 3 is 2.67 bits per heavy atom. The molecule has 0 saturated carbocycles. The first kappa shape index (κ1) is 13.1. The number of thioether (sulfide) groups is 1. The molecule has 0 unspecified atom stereocenters. The maximum atomic E-state index is 11.6. The SMILES string of the molecule is CC(=O)NC1=NN(C(C)=O)[C@@H](c2sccc2C)S1. The summed E-state index contributed by atoms with van der Waals surface area (Å²) in [6, 6.07) is 2.01. The monoisotopic (exact) mass is 283 g/mol. The van der Waals surface area contributed by atoms with Gasteiger partial charge in [-0.1, -0.05) is 11.8 Å². The first-order valence-electron chi connectivity index (χ1n) is 5.35. The van der Waals surface area contributed by atoms with E-state index in [1.807, 2.05) is 18.4 Å². The molecule has 0 fully saturated rings. The van der Waals surface area contributed by atoms with Crippen LogP contribution in [0.1, 0.15) is 29.7 Å². The van der Waals surface area contributed by atoms with Crippen molar-refractivity contribution in [1.82, 2.24) is 10.3 Å². The lowest BCUT2D eigenvalue weighted by atomic mass is 10.3. The molecule has 0 spiro atoms. The number of nitrogens with zero attached hydrogens (tertiary/aromatic N) is 2. The van der Waals surface area contributed by atoms with E-state index in [1.165, 1.54) is 30.6 Å². The molecule has 0 bridgehead atoms. The maximum Gasteiger partial charge on any atom is 0.241 e. The van der Waals surface area contributed by atoms with Gasteiger partial charge in [-0.15, -0.1) is 16.4 Å². The van der Waals surface area contributed by atoms with Crippen LogP contribution in [0.3, 0.4) is 0 Å². The second-order valence-electron chi connectivity index (χ2n) is 3.89. The van der Waals surface area contributed by atoms with E-state index in [-0.39, 0.29) is 17.2 Å². The highest BCUT2D eigenvalue weighted by molar-refractivity contribution is 8.14. The van der Waals surface area contributed by atoms with Gasteiger partial charge in [0.15, 0.2) is 5.17 Å². The van der Waals surface area contributed by atoms with Crippen LogP contribution in [0.4, 0.5) is 0 Å². The van der Waals surface area contributed by atoms with E-state index < -0.39 is 0 Å². The lowest BCUT2D eigenvalue weighted by molar-refractivity contribution is -0.129. The van der Waals surface area contributed by atoms with Crippen LogP contribution < -0.4 is 5.32 Å². The number of hydrazone groups is 1. The quantitative estimate of drug-likeness (QED) is 0.858. The molecule has 18 heavy (non-hydrogen) atoms. The Morgan fingerprint density at radius 1 is 1.44 bits per heavy atom. The van der Waals surface area contributed by atoms with Gasteiger partial charge in [0.2, 0.25) is 11.8 Å². The van der Waals surface area contributed by atoms with Crippen LogP contribution in [0, 0.1) is 6.92 Å². The zero-order valence-electron chi connectivity index (χ0n) is 10.3. The predicted octanol–water partition coefficient (Wildman–Crippen LogP) is 2.06. The first-order valence-corrected chi connectivity index (χ1v) is 7.11. The molecule has 1 N–H and O–H groups in total. The van der Waals surface area contributed by atoms with Gasteiger partial charge < -0.3 is 5.32 Å². The van der Waals surface area contributed by atoms with Gasteiger partial charge in [-0.2, -0.15) is 0 Å². The Bertz CT molecular complexity index is 524. The van der Waals surface area contributed by atoms with E-state index in [2.05, 4.69) is 10.4 Å². The Labute approximate surface area is 113 Å². The molecule has 1 aliphatic heterocycles. The summed E-state index contributed by atoms with van der Waals surface area (Å²) in [6.07, 6.45) is 0. The standard InChI is InChI=1S/C11H13N3O2S2/c1-6-4-5-17-9(6)10-14(8(3)16)13-11(18-10)12-7(2)15/h4-5,10H,1-3H3,(H,12,13,15)/t10-/m1/s1. The van der Waals surface area contributed by atoms with Gasteiger partial charge in [0, 0.05) is 18.7 Å². The minimum atomic E-state index is -0.187. The molecular formula is C11H13N3O2S2. The molecule has 1 aromatic heterocycles. The van der Waals surface area contributed by atoms with Gasteiger partial charge in [-0.05, 0) is 23.9 Å². The maximum absolute atomic E-state index is 11.6. The van der Waals surface area contributed by atoms with Crippen LogP contribution in [0.25, 0.3) is 0 Å². The van der Waals surface area contributed by atoms with Gasteiger partial charge in [-0.25, -0.2) is 5.01 Å². The Balaban J connectivity index is 2.26. The van der Waals surface area contributed by atoms with E-state index in [0.717, 1.165) is 10.4 Å². The topological polar surface area (TPSA) is 61.8 Å². The molecule has 2 amide bonds. The van der Waals surface area contributed by atoms with Crippen LogP contribution in [-0.4, -0.2) is 22.0 Å². The highest BCUT2D eigenvalue weighted by atomic mass is 32.2. The molecular weight excluding hydrogens is 270 g/mol. The van der Waals surface area contributed by atoms with Crippen molar-refractivity contribution < 1.29 is 9.59 Å². The second kappa shape index (κ2) is 5.11. The van der Waals surface area contributed by atoms with Crippen LogP contribution in [0.15, 0.2) is 16.5 Å². The number of carbonyl (C=O) groups excluding carboxylic acids is 2. The van der Waals surface area contributed by atoms with Crippen molar-refractivity contribution in [1.29, 1.82) is 0 Å². The van der Waals surface area contributed by atoms with Gasteiger partial charge in [0.05, 0.1) is 0 Å². The molecule has 5 nitrogen and oxygen atoms in total. The van der Waals surface area contributed by atoms with E-state index in [0.29, 0.717) is 5.17 Å². The summed E-state index contributed by atoms with van der Waals surface area (Å²) < 4.78 is 0. The third kappa shape index (κ3) is 2.56. The van der Waals surface area contributed by atoms with E-state index >= 15 is 0 Å². The number of aryl methyl sites for hydroxylation is 1. The minimum Gasteiger partial charge on any atom is -0.304 e. The fourth-order valence-corrected chi connectivity index (χ4v) is 3.91. The zero-order chi connectivity index (χ0) is 13.3. The Hall–Kier alpha value is -1.34. The number of amidine groups is 1. The van der Waals surface area contributed by atoms with Crippen LogP contribution in [-0.2, 0) is 9.59 Å². The summed E-state index contributed by atoms with van der Waals surface area (Å²) in [4.78, 5) is 23.7. The lowest BCUT2D eigenvalue weighted by Crippen LogP contribution is -2.25. The second-order valence-corrected chi connectivity index (χ2v) is 5.90. The van der Waals surface area contributed by atoms with Gasteiger partial charge in [0.1, 0.15) is 5.37 Å². The third-order valence-corrected chi connectivity index (χ3v) is 4.66. The van der Waals surface area contributed by atoms with Gasteiger partial charge in [-0.3, -0.25) is 9.59 Å². The molecule has 1 aromatic rings. The number of thiophene rings is 1. The fourth-order valence-electron chi connectivity index (χ4n) is 1.57. The number of rotatable bonds is 1. The van der Waals surface area contributed by atoms with Crippen LogP contribution in [0.2, 0.25) is 0 Å². The number of nitrogens with one attached hydrogen (secondary N) is 1. The number of amides is 2. The van der Waals surface area contributed by atoms with Crippen molar-refractivity contribution in [3.05, 3.63) is 21.9 Å². The molecule has 1 aliphatic rings. The highest BCUT2D eigenvalue weighted by Crippen LogP contribution is 2.42. The zero-order valence-corrected chi connectivity index (χ0v) is 11.9. The third-order valence-electron chi connectivity index (χ3n) is 2.38. The summed E-state index contributed by atoms with van der Waals surface area (Å²) >= 11 is 2.97. The van der Waals surface area contributed by atoms with E-state index in [1.54, 1.807) is 11.3 Å². The Kier molecular flexibility index (Phi) is 3.72. The molecule has 1 atom stereocenters. The first-order chi connectivity index (χ1) is 8.49. The van der Waals surface area contributed by atoms with Crippen molar-refractivity contribution in [2.45, 2.75) is 26.1 Å². The number of hydrogen-bond acceptors (Lipinski definition) is 5. The van der Waals surface area contributed by atoms with Gasteiger partial charge in [0.25, 0.3) is 0 Å². The molecule has 0 aliphatic carbocycles. The summed E-state index contributed by atoms with van der Waals surface area (Å²) in [7, 11) is 0. The van der Waals surface area contributed by atoms with Crippen LogP contribution >= 0.6 is 23.1 Å². The average molecular weight is 283 g/mol. The van der Waals surface area contributed by atoms with Crippen LogP contribution in [0.5, 0.6) is 0 Å². The predicted molar refractivity (Wildman–Crippen MR) is 73.2 cm³/mol. The van der Waals surface area contributed by atoms with Crippen molar-refractivity contribution in [2.24, 2.45) is 5.10 Å². The number of carbonyl (C=O) groups is 2. The van der Waals surface area contributed by atoms with Crippen molar-refractivity contribution >= 4 is 40.1 Å². The largest absolute Gasteiger partial charge is 0.304 e. The lowest BCUT2D eigenvalue weighted by Gasteiger charge is -2.18. The van der Waals surface area contributed by atoms with Crippen molar-refractivity contribution in [2.75, 3.05) is 0 Å².